The molecule has 0 aliphatic rings. The van der Waals surface area contributed by atoms with Crippen molar-refractivity contribution in [1.82, 2.24) is 9.88 Å². The van der Waals surface area contributed by atoms with Gasteiger partial charge >= 0.3 is 0 Å². The van der Waals surface area contributed by atoms with E-state index in [1.165, 1.54) is 0 Å². The third-order valence-corrected chi connectivity index (χ3v) is 2.98. The van der Waals surface area contributed by atoms with E-state index in [0.29, 0.717) is 19.6 Å². The van der Waals surface area contributed by atoms with Crippen molar-refractivity contribution in [2.24, 2.45) is 7.05 Å². The minimum atomic E-state index is 0.0259. The number of ether oxygens (including phenoxy) is 1. The highest BCUT2D eigenvalue weighted by Gasteiger charge is 2.04. The lowest BCUT2D eigenvalue weighted by Gasteiger charge is -2.06. The maximum Gasteiger partial charge on any atom is 0.224 e. The van der Waals surface area contributed by atoms with Gasteiger partial charge < -0.3 is 14.6 Å². The number of hydrogen-bond acceptors (Lipinski definition) is 2. The summed E-state index contributed by atoms with van der Waals surface area (Å²) < 4.78 is 7.34. The van der Waals surface area contributed by atoms with Crippen LogP contribution in [0.15, 0.2) is 42.7 Å². The zero-order valence-electron chi connectivity index (χ0n) is 11.9. The fourth-order valence-electron chi connectivity index (χ4n) is 1.98. The molecular weight excluding hydrogens is 252 g/mol. The highest BCUT2D eigenvalue weighted by molar-refractivity contribution is 5.78. The van der Waals surface area contributed by atoms with Crippen molar-refractivity contribution in [3.8, 4) is 5.75 Å². The molecule has 1 heterocycles. The maximum absolute atomic E-state index is 11.9. The summed E-state index contributed by atoms with van der Waals surface area (Å²) in [6.07, 6.45) is 4.35. The summed E-state index contributed by atoms with van der Waals surface area (Å²) in [5.74, 6) is 0.860. The largest absolute Gasteiger partial charge is 0.494 e. The number of aryl methyl sites for hydroxylation is 1. The van der Waals surface area contributed by atoms with Crippen LogP contribution in [0, 0.1) is 0 Å². The van der Waals surface area contributed by atoms with Crippen LogP contribution in [0.3, 0.4) is 0 Å². The number of amides is 1. The molecule has 1 aromatic carbocycles. The van der Waals surface area contributed by atoms with Crippen molar-refractivity contribution >= 4 is 5.91 Å². The lowest BCUT2D eigenvalue weighted by Crippen LogP contribution is -2.24. The summed E-state index contributed by atoms with van der Waals surface area (Å²) in [4.78, 5) is 11.9. The monoisotopic (exact) mass is 272 g/mol. The zero-order chi connectivity index (χ0) is 14.4. The van der Waals surface area contributed by atoms with E-state index in [0.717, 1.165) is 16.9 Å². The number of benzene rings is 1. The zero-order valence-corrected chi connectivity index (χ0v) is 11.9. The molecular formula is C16H20N2O2. The predicted molar refractivity (Wildman–Crippen MR) is 78.6 cm³/mol. The average molecular weight is 272 g/mol. The summed E-state index contributed by atoms with van der Waals surface area (Å²) in [7, 11) is 1.96. The number of rotatable bonds is 6. The van der Waals surface area contributed by atoms with Crippen LogP contribution in [0.5, 0.6) is 5.75 Å². The van der Waals surface area contributed by atoms with Gasteiger partial charge in [0.05, 0.1) is 13.0 Å². The highest BCUT2D eigenvalue weighted by Crippen LogP contribution is 2.12. The smallest absolute Gasteiger partial charge is 0.224 e. The van der Waals surface area contributed by atoms with E-state index >= 15 is 0 Å². The average Bonchev–Trinajstić information content (AvgIpc) is 2.85. The molecule has 20 heavy (non-hydrogen) atoms. The molecule has 0 saturated heterocycles. The summed E-state index contributed by atoms with van der Waals surface area (Å²) in [5.41, 5.74) is 2.09. The first kappa shape index (κ1) is 14.2. The van der Waals surface area contributed by atoms with Crippen molar-refractivity contribution < 1.29 is 9.53 Å². The molecule has 0 saturated carbocycles. The SMILES string of the molecule is CCOc1ccc(CC(=O)NCc2ccn(C)c2)cc1. The molecule has 0 spiro atoms. The summed E-state index contributed by atoms with van der Waals surface area (Å²) >= 11 is 0. The van der Waals surface area contributed by atoms with Gasteiger partial charge in [0.15, 0.2) is 0 Å². The van der Waals surface area contributed by atoms with Gasteiger partial charge in [0.25, 0.3) is 0 Å². The Kier molecular flexibility index (Phi) is 4.82. The van der Waals surface area contributed by atoms with Crippen LogP contribution >= 0.6 is 0 Å². The number of aromatic nitrogens is 1. The molecule has 1 N–H and O–H groups in total. The summed E-state index contributed by atoms with van der Waals surface area (Å²) in [6.45, 7) is 3.17. The Balaban J connectivity index is 1.81. The van der Waals surface area contributed by atoms with Crippen molar-refractivity contribution in [3.63, 3.8) is 0 Å². The molecule has 4 heteroatoms. The number of carbonyl (C=O) groups is 1. The normalized spacial score (nSPS) is 10.3. The molecule has 1 amide bonds. The molecule has 0 fully saturated rings. The van der Waals surface area contributed by atoms with Gasteiger partial charge in [0.1, 0.15) is 5.75 Å². The van der Waals surface area contributed by atoms with Gasteiger partial charge in [-0.15, -0.1) is 0 Å². The Bertz CT molecular complexity index is 558. The molecule has 2 aromatic rings. The molecule has 0 aliphatic heterocycles. The highest BCUT2D eigenvalue weighted by atomic mass is 16.5. The molecule has 2 rings (SSSR count). The third-order valence-electron chi connectivity index (χ3n) is 2.98. The molecule has 4 nitrogen and oxygen atoms in total. The second-order valence-electron chi connectivity index (χ2n) is 4.72. The second kappa shape index (κ2) is 6.80. The predicted octanol–water partition coefficient (Wildman–Crippen LogP) is 2.28. The van der Waals surface area contributed by atoms with Crippen LogP contribution < -0.4 is 10.1 Å². The van der Waals surface area contributed by atoms with E-state index in [4.69, 9.17) is 4.74 Å². The van der Waals surface area contributed by atoms with E-state index in [2.05, 4.69) is 5.32 Å². The van der Waals surface area contributed by atoms with Crippen LogP contribution in [-0.4, -0.2) is 17.1 Å². The first-order chi connectivity index (χ1) is 9.67. The molecule has 0 atom stereocenters. The number of hydrogen-bond donors (Lipinski definition) is 1. The van der Waals surface area contributed by atoms with Crippen LogP contribution in [-0.2, 0) is 24.8 Å². The second-order valence-corrected chi connectivity index (χ2v) is 4.72. The van der Waals surface area contributed by atoms with Gasteiger partial charge in [-0.2, -0.15) is 0 Å². The Hall–Kier alpha value is -2.23. The van der Waals surface area contributed by atoms with Crippen molar-refractivity contribution in [1.29, 1.82) is 0 Å². The Labute approximate surface area is 119 Å². The van der Waals surface area contributed by atoms with Crippen molar-refractivity contribution in [2.75, 3.05) is 6.61 Å². The van der Waals surface area contributed by atoms with Crippen LogP contribution in [0.1, 0.15) is 18.1 Å². The summed E-state index contributed by atoms with van der Waals surface area (Å²) in [6, 6.07) is 9.63. The van der Waals surface area contributed by atoms with E-state index in [9.17, 15) is 4.79 Å². The molecule has 0 radical (unpaired) electrons. The summed E-state index contributed by atoms with van der Waals surface area (Å²) in [5, 5.41) is 2.92. The first-order valence-electron chi connectivity index (χ1n) is 6.76. The van der Waals surface area contributed by atoms with Gasteiger partial charge in [-0.25, -0.2) is 0 Å². The minimum Gasteiger partial charge on any atom is -0.494 e. The van der Waals surface area contributed by atoms with Gasteiger partial charge in [-0.05, 0) is 36.2 Å². The fraction of sp³-hybridized carbons (Fsp3) is 0.312. The van der Waals surface area contributed by atoms with E-state index in [1.807, 2.05) is 61.3 Å². The Morgan fingerprint density at radius 2 is 1.95 bits per heavy atom. The Morgan fingerprint density at radius 3 is 2.55 bits per heavy atom. The van der Waals surface area contributed by atoms with Crippen LogP contribution in [0.2, 0.25) is 0 Å². The molecule has 106 valence electrons. The van der Waals surface area contributed by atoms with Crippen molar-refractivity contribution in [2.45, 2.75) is 19.9 Å². The van der Waals surface area contributed by atoms with Gasteiger partial charge in [0, 0.05) is 26.0 Å². The van der Waals surface area contributed by atoms with E-state index in [1.54, 1.807) is 0 Å². The maximum atomic E-state index is 11.9. The Morgan fingerprint density at radius 1 is 1.20 bits per heavy atom. The first-order valence-corrected chi connectivity index (χ1v) is 6.76. The van der Waals surface area contributed by atoms with Gasteiger partial charge in [0.2, 0.25) is 5.91 Å². The minimum absolute atomic E-state index is 0.0259. The molecule has 0 aliphatic carbocycles. The topological polar surface area (TPSA) is 43.3 Å². The molecule has 1 aromatic heterocycles. The standard InChI is InChI=1S/C16H20N2O2/c1-3-20-15-6-4-13(5-7-15)10-16(19)17-11-14-8-9-18(2)12-14/h4-9,12H,3,10-11H2,1-2H3,(H,17,19). The van der Waals surface area contributed by atoms with Crippen molar-refractivity contribution in [3.05, 3.63) is 53.9 Å². The number of carbonyl (C=O) groups excluding carboxylic acids is 1. The number of nitrogens with zero attached hydrogens (tertiary/aromatic N) is 1. The number of nitrogens with one attached hydrogen (secondary N) is 1. The van der Waals surface area contributed by atoms with Gasteiger partial charge in [-0.1, -0.05) is 12.1 Å². The lowest BCUT2D eigenvalue weighted by atomic mass is 10.1. The molecule has 0 bridgehead atoms. The fourth-order valence-corrected chi connectivity index (χ4v) is 1.98. The third kappa shape index (κ3) is 4.16. The van der Waals surface area contributed by atoms with Crippen LogP contribution in [0.25, 0.3) is 0 Å². The van der Waals surface area contributed by atoms with E-state index < -0.39 is 0 Å². The van der Waals surface area contributed by atoms with Crippen LogP contribution in [0.4, 0.5) is 0 Å². The van der Waals surface area contributed by atoms with E-state index in [-0.39, 0.29) is 5.91 Å². The quantitative estimate of drug-likeness (QED) is 0.876. The van der Waals surface area contributed by atoms with Gasteiger partial charge in [-0.3, -0.25) is 4.79 Å². The molecule has 0 unspecified atom stereocenters. The lowest BCUT2D eigenvalue weighted by molar-refractivity contribution is -0.120.